The molecule has 0 spiro atoms. The minimum absolute atomic E-state index is 0.0618. The van der Waals surface area contributed by atoms with Crippen molar-refractivity contribution in [3.63, 3.8) is 0 Å². The van der Waals surface area contributed by atoms with Gasteiger partial charge in [0.25, 0.3) is 0 Å². The van der Waals surface area contributed by atoms with Crippen molar-refractivity contribution >= 4 is 16.1 Å². The normalized spacial score (nSPS) is 26.8. The molecular weight excluding hydrogens is 294 g/mol. The first kappa shape index (κ1) is 16.5. The molecule has 2 rings (SSSR count). The highest BCUT2D eigenvalue weighted by Gasteiger charge is 2.27. The Morgan fingerprint density at radius 2 is 2.10 bits per heavy atom. The molecule has 2 heterocycles. The standard InChI is InChI=1S/C13H25N3O4S/c1-21(18,19)15-9-12-4-2-3-6-16(12)13(17)14-8-11-5-7-20-10-11/h11-12,15H,2-10H2,1H3,(H,14,17). The van der Waals surface area contributed by atoms with Crippen LogP contribution >= 0.6 is 0 Å². The molecule has 0 aromatic carbocycles. The molecule has 2 fully saturated rings. The van der Waals surface area contributed by atoms with Crippen LogP contribution in [0.25, 0.3) is 0 Å². The van der Waals surface area contributed by atoms with E-state index in [1.165, 1.54) is 0 Å². The molecule has 2 aliphatic rings. The summed E-state index contributed by atoms with van der Waals surface area (Å²) in [7, 11) is -3.22. The molecule has 0 aromatic heterocycles. The van der Waals surface area contributed by atoms with Gasteiger partial charge in [0.15, 0.2) is 0 Å². The van der Waals surface area contributed by atoms with Crippen molar-refractivity contribution in [3.8, 4) is 0 Å². The van der Waals surface area contributed by atoms with Crippen molar-refractivity contribution in [1.29, 1.82) is 0 Å². The van der Waals surface area contributed by atoms with Gasteiger partial charge in [0, 0.05) is 38.2 Å². The van der Waals surface area contributed by atoms with Crippen LogP contribution in [0.1, 0.15) is 25.7 Å². The summed E-state index contributed by atoms with van der Waals surface area (Å²) >= 11 is 0. The fraction of sp³-hybridized carbons (Fsp3) is 0.923. The Balaban J connectivity index is 1.83. The van der Waals surface area contributed by atoms with Crippen LogP contribution in [0.4, 0.5) is 4.79 Å². The average molecular weight is 319 g/mol. The van der Waals surface area contributed by atoms with Crippen molar-refractivity contribution in [2.45, 2.75) is 31.7 Å². The van der Waals surface area contributed by atoms with Gasteiger partial charge in [-0.05, 0) is 25.7 Å². The van der Waals surface area contributed by atoms with Crippen molar-refractivity contribution < 1.29 is 17.9 Å². The molecule has 7 nitrogen and oxygen atoms in total. The van der Waals surface area contributed by atoms with Crippen LogP contribution in [0.2, 0.25) is 0 Å². The van der Waals surface area contributed by atoms with Crippen molar-refractivity contribution in [2.75, 3.05) is 39.1 Å². The second kappa shape index (κ2) is 7.42. The molecule has 2 atom stereocenters. The average Bonchev–Trinajstić information content (AvgIpc) is 2.95. The largest absolute Gasteiger partial charge is 0.381 e. The smallest absolute Gasteiger partial charge is 0.317 e. The van der Waals surface area contributed by atoms with E-state index in [-0.39, 0.29) is 12.1 Å². The maximum Gasteiger partial charge on any atom is 0.317 e. The van der Waals surface area contributed by atoms with E-state index >= 15 is 0 Å². The lowest BCUT2D eigenvalue weighted by Gasteiger charge is -2.35. The predicted molar refractivity (Wildman–Crippen MR) is 79.5 cm³/mol. The molecule has 0 bridgehead atoms. The van der Waals surface area contributed by atoms with Gasteiger partial charge in [0.2, 0.25) is 10.0 Å². The highest BCUT2D eigenvalue weighted by molar-refractivity contribution is 7.88. The Labute approximate surface area is 126 Å². The second-order valence-corrected chi connectivity index (χ2v) is 7.71. The number of carbonyl (C=O) groups excluding carboxylic acids is 1. The second-order valence-electron chi connectivity index (χ2n) is 5.88. The quantitative estimate of drug-likeness (QED) is 0.754. The van der Waals surface area contributed by atoms with E-state index in [2.05, 4.69) is 10.0 Å². The Hall–Kier alpha value is -0.860. The molecule has 0 saturated carbocycles. The monoisotopic (exact) mass is 319 g/mol. The SMILES string of the molecule is CS(=O)(=O)NCC1CCCCN1C(=O)NCC1CCOC1. The van der Waals surface area contributed by atoms with E-state index in [1.807, 2.05) is 0 Å². The van der Waals surface area contributed by atoms with E-state index in [4.69, 9.17) is 4.74 Å². The van der Waals surface area contributed by atoms with Crippen LogP contribution in [0.15, 0.2) is 0 Å². The van der Waals surface area contributed by atoms with Crippen LogP contribution in [-0.2, 0) is 14.8 Å². The molecule has 0 aliphatic carbocycles. The molecule has 8 heteroatoms. The molecule has 21 heavy (non-hydrogen) atoms. The van der Waals surface area contributed by atoms with Crippen molar-refractivity contribution in [3.05, 3.63) is 0 Å². The van der Waals surface area contributed by atoms with Crippen molar-refractivity contribution in [1.82, 2.24) is 14.9 Å². The van der Waals surface area contributed by atoms with Crippen LogP contribution < -0.4 is 10.0 Å². The minimum atomic E-state index is -3.22. The summed E-state index contributed by atoms with van der Waals surface area (Å²) in [6.07, 6.45) is 4.95. The first-order valence-corrected chi connectivity index (χ1v) is 9.41. The number of rotatable bonds is 5. The van der Waals surface area contributed by atoms with Gasteiger partial charge in [-0.2, -0.15) is 0 Å². The lowest BCUT2D eigenvalue weighted by Crippen LogP contribution is -2.53. The highest BCUT2D eigenvalue weighted by atomic mass is 32.2. The summed E-state index contributed by atoms with van der Waals surface area (Å²) in [5.41, 5.74) is 0. The maximum absolute atomic E-state index is 12.3. The molecule has 2 saturated heterocycles. The van der Waals surface area contributed by atoms with Gasteiger partial charge in [-0.15, -0.1) is 0 Å². The Morgan fingerprint density at radius 3 is 2.76 bits per heavy atom. The molecule has 2 N–H and O–H groups in total. The summed E-state index contributed by atoms with van der Waals surface area (Å²) in [5, 5.41) is 2.95. The summed E-state index contributed by atoms with van der Waals surface area (Å²) in [5.74, 6) is 0.395. The van der Waals surface area contributed by atoms with Gasteiger partial charge in [-0.25, -0.2) is 17.9 Å². The van der Waals surface area contributed by atoms with E-state index in [0.29, 0.717) is 32.2 Å². The number of hydrogen-bond donors (Lipinski definition) is 2. The molecule has 0 radical (unpaired) electrons. The number of carbonyl (C=O) groups is 1. The van der Waals surface area contributed by atoms with Gasteiger partial charge >= 0.3 is 6.03 Å². The zero-order valence-electron chi connectivity index (χ0n) is 12.5. The van der Waals surface area contributed by atoms with Crippen LogP contribution in [-0.4, -0.2) is 64.5 Å². The van der Waals surface area contributed by atoms with Gasteiger partial charge in [0.1, 0.15) is 0 Å². The first-order valence-electron chi connectivity index (χ1n) is 7.52. The zero-order valence-corrected chi connectivity index (χ0v) is 13.3. The molecule has 2 amide bonds. The molecule has 122 valence electrons. The molecular formula is C13H25N3O4S. The van der Waals surface area contributed by atoms with Crippen LogP contribution in [0.5, 0.6) is 0 Å². The predicted octanol–water partition coefficient (Wildman–Crippen LogP) is 0.136. The number of likely N-dealkylation sites (tertiary alicyclic amines) is 1. The Kier molecular flexibility index (Phi) is 5.83. The van der Waals surface area contributed by atoms with E-state index in [9.17, 15) is 13.2 Å². The van der Waals surface area contributed by atoms with Gasteiger partial charge < -0.3 is 15.0 Å². The fourth-order valence-corrected chi connectivity index (χ4v) is 3.30. The van der Waals surface area contributed by atoms with Crippen LogP contribution in [0, 0.1) is 5.92 Å². The van der Waals surface area contributed by atoms with Crippen LogP contribution in [0.3, 0.4) is 0 Å². The molecule has 2 unspecified atom stereocenters. The third kappa shape index (κ3) is 5.44. The Morgan fingerprint density at radius 1 is 1.29 bits per heavy atom. The third-order valence-electron chi connectivity index (χ3n) is 4.04. The molecule has 0 aromatic rings. The number of piperidine rings is 1. The van der Waals surface area contributed by atoms with E-state index in [0.717, 1.165) is 38.5 Å². The zero-order chi connectivity index (χ0) is 15.3. The Bertz CT molecular complexity index is 448. The summed E-state index contributed by atoms with van der Waals surface area (Å²) in [4.78, 5) is 14.0. The number of hydrogen-bond acceptors (Lipinski definition) is 4. The lowest BCUT2D eigenvalue weighted by molar-refractivity contribution is 0.149. The van der Waals surface area contributed by atoms with Gasteiger partial charge in [-0.1, -0.05) is 0 Å². The number of sulfonamides is 1. The summed E-state index contributed by atoms with van der Waals surface area (Å²) in [6, 6.07) is -0.157. The number of nitrogens with one attached hydrogen (secondary N) is 2. The topological polar surface area (TPSA) is 87.7 Å². The van der Waals surface area contributed by atoms with Gasteiger partial charge in [-0.3, -0.25) is 0 Å². The van der Waals surface area contributed by atoms with E-state index < -0.39 is 10.0 Å². The van der Waals surface area contributed by atoms with Gasteiger partial charge in [0.05, 0.1) is 12.9 Å². The van der Waals surface area contributed by atoms with Crippen molar-refractivity contribution in [2.24, 2.45) is 5.92 Å². The summed E-state index contributed by atoms with van der Waals surface area (Å²) < 4.78 is 30.2. The number of amides is 2. The first-order chi connectivity index (χ1) is 9.96. The lowest BCUT2D eigenvalue weighted by atomic mass is 10.0. The number of nitrogens with zero attached hydrogens (tertiary/aromatic N) is 1. The summed E-state index contributed by atoms with van der Waals surface area (Å²) in [6.45, 7) is 3.08. The fourth-order valence-electron chi connectivity index (χ4n) is 2.81. The minimum Gasteiger partial charge on any atom is -0.381 e. The molecule has 2 aliphatic heterocycles. The highest BCUT2D eigenvalue weighted by Crippen LogP contribution is 2.17. The van der Waals surface area contributed by atoms with E-state index in [1.54, 1.807) is 4.90 Å². The maximum atomic E-state index is 12.3. The number of ether oxygens (including phenoxy) is 1. The third-order valence-corrected chi connectivity index (χ3v) is 4.73. The number of urea groups is 1.